The molecular weight excluding hydrogens is 268 g/mol. The second-order valence-electron chi connectivity index (χ2n) is 5.02. The van der Waals surface area contributed by atoms with E-state index in [-0.39, 0.29) is 11.5 Å². The molecule has 2 aromatic rings. The van der Waals surface area contributed by atoms with Crippen LogP contribution < -0.4 is 21.3 Å². The Morgan fingerprint density at radius 3 is 2.90 bits per heavy atom. The molecule has 4 N–H and O–H groups in total. The van der Waals surface area contributed by atoms with E-state index in [2.05, 4.69) is 15.3 Å². The molecule has 6 heteroatoms. The predicted octanol–water partition coefficient (Wildman–Crippen LogP) is 1.97. The molecule has 0 amide bonds. The van der Waals surface area contributed by atoms with Gasteiger partial charge in [0.25, 0.3) is 5.56 Å². The molecule has 0 atom stereocenters. The van der Waals surface area contributed by atoms with Crippen LogP contribution in [0.1, 0.15) is 25.6 Å². The van der Waals surface area contributed by atoms with Crippen molar-refractivity contribution in [3.8, 4) is 5.75 Å². The first kappa shape index (κ1) is 14.9. The van der Waals surface area contributed by atoms with E-state index in [0.29, 0.717) is 30.5 Å². The van der Waals surface area contributed by atoms with Gasteiger partial charge in [-0.25, -0.2) is 4.98 Å². The Kier molecular flexibility index (Phi) is 4.81. The lowest BCUT2D eigenvalue weighted by Crippen LogP contribution is -2.17. The Balaban J connectivity index is 1.87. The lowest BCUT2D eigenvalue weighted by molar-refractivity contribution is 0.333. The Labute approximate surface area is 123 Å². The average molecular weight is 288 g/mol. The molecule has 0 fully saturated rings. The largest absolute Gasteiger partial charge is 0.492 e. The van der Waals surface area contributed by atoms with E-state index in [0.717, 1.165) is 5.75 Å². The zero-order chi connectivity index (χ0) is 15.2. The van der Waals surface area contributed by atoms with Crippen molar-refractivity contribution in [1.82, 2.24) is 9.97 Å². The number of nitrogens with one attached hydrogen (secondary N) is 2. The van der Waals surface area contributed by atoms with Gasteiger partial charge in [-0.3, -0.25) is 4.79 Å². The minimum absolute atomic E-state index is 0.159. The predicted molar refractivity (Wildman–Crippen MR) is 83.8 cm³/mol. The maximum absolute atomic E-state index is 11.5. The number of benzene rings is 1. The van der Waals surface area contributed by atoms with E-state index in [1.807, 2.05) is 26.0 Å². The first-order valence-electron chi connectivity index (χ1n) is 6.88. The summed E-state index contributed by atoms with van der Waals surface area (Å²) in [4.78, 5) is 18.6. The number of rotatable bonds is 6. The first-order chi connectivity index (χ1) is 10.0. The fraction of sp³-hybridized carbons (Fsp3) is 0.333. The van der Waals surface area contributed by atoms with Gasteiger partial charge in [0.05, 0.1) is 6.54 Å². The second kappa shape index (κ2) is 6.78. The Morgan fingerprint density at radius 1 is 1.38 bits per heavy atom. The van der Waals surface area contributed by atoms with E-state index in [1.165, 1.54) is 6.07 Å². The Morgan fingerprint density at radius 2 is 2.19 bits per heavy atom. The molecule has 0 aliphatic rings. The lowest BCUT2D eigenvalue weighted by atomic mass is 10.2. The van der Waals surface area contributed by atoms with Gasteiger partial charge in [0.15, 0.2) is 0 Å². The van der Waals surface area contributed by atoms with Crippen LogP contribution in [0.15, 0.2) is 35.1 Å². The summed E-state index contributed by atoms with van der Waals surface area (Å²) in [6, 6.07) is 8.69. The molecule has 2 rings (SSSR count). The van der Waals surface area contributed by atoms with Crippen molar-refractivity contribution < 1.29 is 4.74 Å². The highest BCUT2D eigenvalue weighted by atomic mass is 16.5. The fourth-order valence-electron chi connectivity index (χ4n) is 1.79. The molecule has 1 aromatic carbocycles. The van der Waals surface area contributed by atoms with E-state index in [9.17, 15) is 4.79 Å². The van der Waals surface area contributed by atoms with Crippen LogP contribution in [0.5, 0.6) is 5.75 Å². The maximum atomic E-state index is 11.5. The Bertz CT molecular complexity index is 652. The molecule has 0 spiro atoms. The van der Waals surface area contributed by atoms with Crippen molar-refractivity contribution in [2.24, 2.45) is 0 Å². The molecule has 1 heterocycles. The van der Waals surface area contributed by atoms with Gasteiger partial charge in [-0.1, -0.05) is 19.9 Å². The molecule has 21 heavy (non-hydrogen) atoms. The van der Waals surface area contributed by atoms with Crippen molar-refractivity contribution in [3.05, 3.63) is 46.5 Å². The molecule has 0 radical (unpaired) electrons. The van der Waals surface area contributed by atoms with Gasteiger partial charge in [0.2, 0.25) is 0 Å². The van der Waals surface area contributed by atoms with E-state index >= 15 is 0 Å². The molecule has 0 unspecified atom stereocenters. The summed E-state index contributed by atoms with van der Waals surface area (Å²) in [5, 5.41) is 3.08. The van der Waals surface area contributed by atoms with Crippen molar-refractivity contribution in [3.63, 3.8) is 0 Å². The quantitative estimate of drug-likeness (QED) is 0.558. The molecule has 1 aromatic heterocycles. The number of aromatic amines is 1. The van der Waals surface area contributed by atoms with Crippen LogP contribution in [-0.4, -0.2) is 23.1 Å². The minimum Gasteiger partial charge on any atom is -0.492 e. The summed E-state index contributed by atoms with van der Waals surface area (Å²) < 4.78 is 5.56. The van der Waals surface area contributed by atoms with Gasteiger partial charge >= 0.3 is 0 Å². The number of nitrogens with two attached hydrogens (primary N) is 1. The van der Waals surface area contributed by atoms with Gasteiger partial charge < -0.3 is 20.8 Å². The van der Waals surface area contributed by atoms with Crippen LogP contribution in [0.4, 0.5) is 11.5 Å². The zero-order valence-corrected chi connectivity index (χ0v) is 12.2. The van der Waals surface area contributed by atoms with E-state index in [4.69, 9.17) is 10.5 Å². The number of nitrogens with zero attached hydrogens (tertiary/aromatic N) is 1. The summed E-state index contributed by atoms with van der Waals surface area (Å²) in [5.74, 6) is 2.11. The van der Waals surface area contributed by atoms with E-state index in [1.54, 1.807) is 12.1 Å². The first-order valence-corrected chi connectivity index (χ1v) is 6.88. The normalized spacial score (nSPS) is 10.6. The number of ether oxygens (including phenoxy) is 1. The van der Waals surface area contributed by atoms with Crippen molar-refractivity contribution in [1.29, 1.82) is 0 Å². The van der Waals surface area contributed by atoms with Crippen molar-refractivity contribution in [2.75, 3.05) is 24.2 Å². The molecule has 0 aliphatic carbocycles. The topological polar surface area (TPSA) is 93.0 Å². The maximum Gasteiger partial charge on any atom is 0.252 e. The molecule has 0 saturated carbocycles. The number of aromatic nitrogens is 2. The second-order valence-corrected chi connectivity index (χ2v) is 5.02. The molecule has 6 nitrogen and oxygen atoms in total. The zero-order valence-electron chi connectivity index (χ0n) is 12.2. The van der Waals surface area contributed by atoms with Crippen LogP contribution in [0.25, 0.3) is 0 Å². The molecule has 112 valence electrons. The van der Waals surface area contributed by atoms with Gasteiger partial charge in [-0.15, -0.1) is 0 Å². The van der Waals surface area contributed by atoms with Gasteiger partial charge in [-0.05, 0) is 12.1 Å². The molecule has 0 bridgehead atoms. The number of H-pyrrole nitrogens is 1. The SMILES string of the molecule is CC(C)c1nc(NCCOc2cccc(N)c2)cc(=O)[nH]1. The smallest absolute Gasteiger partial charge is 0.252 e. The summed E-state index contributed by atoms with van der Waals surface area (Å²) in [7, 11) is 0. The average Bonchev–Trinajstić information content (AvgIpc) is 2.43. The van der Waals surface area contributed by atoms with Crippen LogP contribution in [0.3, 0.4) is 0 Å². The molecule has 0 aliphatic heterocycles. The number of anilines is 2. The molecule has 0 saturated heterocycles. The van der Waals surface area contributed by atoms with Crippen LogP contribution >= 0.6 is 0 Å². The highest BCUT2D eigenvalue weighted by Gasteiger charge is 2.04. The van der Waals surface area contributed by atoms with Gasteiger partial charge in [0, 0.05) is 23.7 Å². The lowest BCUT2D eigenvalue weighted by Gasteiger charge is -2.10. The summed E-state index contributed by atoms with van der Waals surface area (Å²) in [5.41, 5.74) is 6.18. The summed E-state index contributed by atoms with van der Waals surface area (Å²) in [6.07, 6.45) is 0. The van der Waals surface area contributed by atoms with Crippen LogP contribution in [0.2, 0.25) is 0 Å². The summed E-state index contributed by atoms with van der Waals surface area (Å²) in [6.45, 7) is 4.95. The van der Waals surface area contributed by atoms with Crippen molar-refractivity contribution in [2.45, 2.75) is 19.8 Å². The third-order valence-corrected chi connectivity index (χ3v) is 2.84. The van der Waals surface area contributed by atoms with Crippen LogP contribution in [-0.2, 0) is 0 Å². The molecular formula is C15H20N4O2. The van der Waals surface area contributed by atoms with E-state index < -0.39 is 0 Å². The monoisotopic (exact) mass is 288 g/mol. The van der Waals surface area contributed by atoms with Crippen LogP contribution in [0, 0.1) is 0 Å². The summed E-state index contributed by atoms with van der Waals surface area (Å²) >= 11 is 0. The highest BCUT2D eigenvalue weighted by molar-refractivity contribution is 5.43. The third-order valence-electron chi connectivity index (χ3n) is 2.84. The highest BCUT2D eigenvalue weighted by Crippen LogP contribution is 2.14. The van der Waals surface area contributed by atoms with Gasteiger partial charge in [-0.2, -0.15) is 0 Å². The minimum atomic E-state index is -0.159. The van der Waals surface area contributed by atoms with Gasteiger partial charge in [0.1, 0.15) is 24.0 Å². The third kappa shape index (κ3) is 4.52. The fourth-order valence-corrected chi connectivity index (χ4v) is 1.79. The van der Waals surface area contributed by atoms with Crippen molar-refractivity contribution >= 4 is 11.5 Å². The number of nitrogen functional groups attached to an aromatic ring is 1. The standard InChI is InChI=1S/C15H20N4O2/c1-10(2)15-18-13(9-14(20)19-15)17-6-7-21-12-5-3-4-11(16)8-12/h3-5,8-10H,6-7,16H2,1-2H3,(H2,17,18,19,20). The number of hydrogen-bond acceptors (Lipinski definition) is 5. The Hall–Kier alpha value is -2.50. The number of hydrogen-bond donors (Lipinski definition) is 3.